The third-order valence-electron chi connectivity index (χ3n) is 2.39. The molecule has 0 aliphatic heterocycles. The van der Waals surface area contributed by atoms with Crippen molar-refractivity contribution in [3.63, 3.8) is 0 Å². The minimum absolute atomic E-state index is 0.0647. The SMILES string of the molecule is CCC[C@@H](N)c1cc(OC)c(O)c(Br)c1Br. The van der Waals surface area contributed by atoms with Crippen LogP contribution < -0.4 is 10.5 Å². The summed E-state index contributed by atoms with van der Waals surface area (Å²) in [5.74, 6) is 0.512. The highest BCUT2D eigenvalue weighted by Crippen LogP contribution is 2.43. The second kappa shape index (κ2) is 5.89. The zero-order valence-corrected chi connectivity index (χ0v) is 12.4. The lowest BCUT2D eigenvalue weighted by Gasteiger charge is -2.16. The van der Waals surface area contributed by atoms with E-state index in [-0.39, 0.29) is 11.8 Å². The number of hydrogen-bond acceptors (Lipinski definition) is 3. The molecule has 5 heteroatoms. The summed E-state index contributed by atoms with van der Waals surface area (Å²) in [6.07, 6.45) is 1.90. The van der Waals surface area contributed by atoms with Crippen LogP contribution in [0.15, 0.2) is 15.0 Å². The van der Waals surface area contributed by atoms with Gasteiger partial charge in [-0.15, -0.1) is 0 Å². The lowest BCUT2D eigenvalue weighted by Crippen LogP contribution is -2.11. The maximum absolute atomic E-state index is 9.77. The number of phenolic OH excluding ortho intramolecular Hbond substituents is 1. The van der Waals surface area contributed by atoms with Gasteiger partial charge in [-0.3, -0.25) is 0 Å². The Kier molecular flexibility index (Phi) is 5.08. The molecular formula is C11H15Br2NO2. The van der Waals surface area contributed by atoms with Gasteiger partial charge in [0.05, 0.1) is 11.6 Å². The van der Waals surface area contributed by atoms with Crippen molar-refractivity contribution in [2.75, 3.05) is 7.11 Å². The van der Waals surface area contributed by atoms with Gasteiger partial charge in [-0.05, 0) is 49.9 Å². The van der Waals surface area contributed by atoms with E-state index in [1.165, 1.54) is 7.11 Å². The quantitative estimate of drug-likeness (QED) is 0.868. The molecule has 3 nitrogen and oxygen atoms in total. The Morgan fingerprint density at radius 1 is 1.44 bits per heavy atom. The van der Waals surface area contributed by atoms with E-state index in [1.54, 1.807) is 6.07 Å². The normalized spacial score (nSPS) is 12.6. The van der Waals surface area contributed by atoms with Crippen molar-refractivity contribution in [1.82, 2.24) is 0 Å². The van der Waals surface area contributed by atoms with Crippen molar-refractivity contribution >= 4 is 31.9 Å². The summed E-state index contributed by atoms with van der Waals surface area (Å²) in [5.41, 5.74) is 6.99. The fraction of sp³-hybridized carbons (Fsp3) is 0.455. The molecule has 0 aromatic heterocycles. The summed E-state index contributed by atoms with van der Waals surface area (Å²) in [5, 5.41) is 9.77. The van der Waals surface area contributed by atoms with Crippen LogP contribution in [-0.2, 0) is 0 Å². The molecule has 0 radical (unpaired) electrons. The summed E-state index contributed by atoms with van der Waals surface area (Å²) in [6.45, 7) is 2.08. The van der Waals surface area contributed by atoms with Crippen LogP contribution in [0.2, 0.25) is 0 Å². The summed E-state index contributed by atoms with van der Waals surface area (Å²) in [7, 11) is 1.52. The van der Waals surface area contributed by atoms with E-state index >= 15 is 0 Å². The Hall–Kier alpha value is -0.260. The van der Waals surface area contributed by atoms with Gasteiger partial charge in [-0.1, -0.05) is 13.3 Å². The van der Waals surface area contributed by atoms with Crippen LogP contribution in [0.1, 0.15) is 31.4 Å². The number of hydrogen-bond donors (Lipinski definition) is 2. The number of ether oxygens (including phenoxy) is 1. The van der Waals surface area contributed by atoms with Crippen molar-refractivity contribution in [3.8, 4) is 11.5 Å². The van der Waals surface area contributed by atoms with Crippen molar-refractivity contribution in [2.45, 2.75) is 25.8 Å². The first-order valence-corrected chi connectivity index (χ1v) is 6.61. The minimum atomic E-state index is -0.0647. The Labute approximate surface area is 112 Å². The third-order valence-corrected chi connectivity index (χ3v) is 4.55. The molecule has 1 rings (SSSR count). The number of halogens is 2. The Balaban J connectivity index is 3.24. The van der Waals surface area contributed by atoms with Gasteiger partial charge < -0.3 is 15.6 Å². The van der Waals surface area contributed by atoms with Crippen LogP contribution in [0.5, 0.6) is 11.5 Å². The second-order valence-electron chi connectivity index (χ2n) is 3.54. The number of phenols is 1. The van der Waals surface area contributed by atoms with E-state index in [4.69, 9.17) is 10.5 Å². The van der Waals surface area contributed by atoms with Gasteiger partial charge in [0.25, 0.3) is 0 Å². The van der Waals surface area contributed by atoms with Crippen molar-refractivity contribution in [2.24, 2.45) is 5.73 Å². The first-order chi connectivity index (χ1) is 7.52. The average Bonchev–Trinajstić information content (AvgIpc) is 2.27. The molecule has 90 valence electrons. The molecule has 0 aliphatic rings. The van der Waals surface area contributed by atoms with E-state index < -0.39 is 0 Å². The topological polar surface area (TPSA) is 55.5 Å². The van der Waals surface area contributed by atoms with Crippen LogP contribution in [0.25, 0.3) is 0 Å². The summed E-state index contributed by atoms with van der Waals surface area (Å²) < 4.78 is 6.45. The molecule has 0 fully saturated rings. The predicted octanol–water partition coefficient (Wildman–Crippen LogP) is 3.73. The zero-order valence-electron chi connectivity index (χ0n) is 9.26. The molecule has 1 aromatic carbocycles. The van der Waals surface area contributed by atoms with Crippen LogP contribution in [0.4, 0.5) is 0 Å². The van der Waals surface area contributed by atoms with E-state index in [9.17, 15) is 5.11 Å². The van der Waals surface area contributed by atoms with E-state index in [0.29, 0.717) is 10.2 Å². The summed E-state index contributed by atoms with van der Waals surface area (Å²) in [6, 6.07) is 1.70. The maximum Gasteiger partial charge on any atom is 0.173 e. The molecule has 0 amide bonds. The molecule has 0 spiro atoms. The highest BCUT2D eigenvalue weighted by molar-refractivity contribution is 9.13. The van der Waals surface area contributed by atoms with Crippen LogP contribution in [-0.4, -0.2) is 12.2 Å². The molecule has 0 saturated heterocycles. The number of benzene rings is 1. The molecule has 0 saturated carbocycles. The molecule has 0 aliphatic carbocycles. The standard InChI is InChI=1S/C11H15Br2NO2/c1-3-4-7(14)6-5-8(16-2)11(15)10(13)9(6)12/h5,7,15H,3-4,14H2,1-2H3/t7-/m1/s1. The average molecular weight is 353 g/mol. The van der Waals surface area contributed by atoms with Gasteiger partial charge in [-0.25, -0.2) is 0 Å². The number of methoxy groups -OCH3 is 1. The van der Waals surface area contributed by atoms with Gasteiger partial charge in [0.15, 0.2) is 11.5 Å². The fourth-order valence-corrected chi connectivity index (χ4v) is 2.52. The first kappa shape index (κ1) is 13.8. The van der Waals surface area contributed by atoms with Crippen molar-refractivity contribution in [1.29, 1.82) is 0 Å². The Morgan fingerprint density at radius 3 is 2.56 bits per heavy atom. The van der Waals surface area contributed by atoms with E-state index in [2.05, 4.69) is 38.8 Å². The molecule has 0 unspecified atom stereocenters. The maximum atomic E-state index is 9.77. The van der Waals surface area contributed by atoms with Crippen molar-refractivity contribution < 1.29 is 9.84 Å². The third kappa shape index (κ3) is 2.70. The van der Waals surface area contributed by atoms with E-state index in [0.717, 1.165) is 22.9 Å². The predicted molar refractivity (Wildman–Crippen MR) is 71.9 cm³/mol. The van der Waals surface area contributed by atoms with Crippen LogP contribution >= 0.6 is 31.9 Å². The monoisotopic (exact) mass is 351 g/mol. The molecule has 16 heavy (non-hydrogen) atoms. The van der Waals surface area contributed by atoms with Crippen LogP contribution in [0.3, 0.4) is 0 Å². The summed E-state index contributed by atoms with van der Waals surface area (Å²) >= 11 is 6.73. The van der Waals surface area contributed by atoms with Gasteiger partial charge >= 0.3 is 0 Å². The van der Waals surface area contributed by atoms with Gasteiger partial charge in [0.1, 0.15) is 0 Å². The van der Waals surface area contributed by atoms with E-state index in [1.807, 2.05) is 0 Å². The van der Waals surface area contributed by atoms with Gasteiger partial charge in [0.2, 0.25) is 0 Å². The molecule has 0 heterocycles. The Bertz CT molecular complexity index is 383. The molecule has 1 aromatic rings. The Morgan fingerprint density at radius 2 is 2.06 bits per heavy atom. The highest BCUT2D eigenvalue weighted by atomic mass is 79.9. The molecule has 0 bridgehead atoms. The number of nitrogens with two attached hydrogens (primary N) is 1. The smallest absolute Gasteiger partial charge is 0.173 e. The van der Waals surface area contributed by atoms with Gasteiger partial charge in [0, 0.05) is 10.5 Å². The number of rotatable bonds is 4. The lowest BCUT2D eigenvalue weighted by molar-refractivity contribution is 0.370. The van der Waals surface area contributed by atoms with Crippen molar-refractivity contribution in [3.05, 3.63) is 20.6 Å². The fourth-order valence-electron chi connectivity index (χ4n) is 1.50. The zero-order chi connectivity index (χ0) is 12.3. The largest absolute Gasteiger partial charge is 0.503 e. The second-order valence-corrected chi connectivity index (χ2v) is 5.13. The minimum Gasteiger partial charge on any atom is -0.503 e. The molecule has 3 N–H and O–H groups in total. The molecular weight excluding hydrogens is 338 g/mol. The first-order valence-electron chi connectivity index (χ1n) is 5.03. The number of aromatic hydroxyl groups is 1. The van der Waals surface area contributed by atoms with Crippen LogP contribution in [0, 0.1) is 0 Å². The molecule has 1 atom stereocenters. The highest BCUT2D eigenvalue weighted by Gasteiger charge is 2.18. The van der Waals surface area contributed by atoms with Gasteiger partial charge in [-0.2, -0.15) is 0 Å². The summed E-state index contributed by atoms with van der Waals surface area (Å²) in [4.78, 5) is 0. The lowest BCUT2D eigenvalue weighted by atomic mass is 10.0.